The predicted molar refractivity (Wildman–Crippen MR) is 140 cm³/mol. The maximum absolute atomic E-state index is 6.10. The molecule has 3 aromatic carbocycles. The monoisotopic (exact) mass is 566 g/mol. The van der Waals surface area contributed by atoms with Crippen LogP contribution in [0.5, 0.6) is 23.0 Å². The van der Waals surface area contributed by atoms with E-state index in [1.165, 1.54) is 0 Å². The molecule has 9 heteroatoms. The first-order chi connectivity index (χ1) is 16.4. The molecule has 0 fully saturated rings. The Morgan fingerprint density at radius 3 is 2.35 bits per heavy atom. The minimum atomic E-state index is 0.315. The van der Waals surface area contributed by atoms with Crippen molar-refractivity contribution in [2.45, 2.75) is 20.1 Å². The fraction of sp³-hybridized carbons (Fsp3) is 0.240. The molecule has 0 aliphatic rings. The number of halogens is 3. The van der Waals surface area contributed by atoms with Crippen molar-refractivity contribution in [3.8, 4) is 23.0 Å². The van der Waals surface area contributed by atoms with Gasteiger partial charge in [0.1, 0.15) is 6.61 Å². The fourth-order valence-electron chi connectivity index (χ4n) is 3.10. The second-order valence-electron chi connectivity index (χ2n) is 7.08. The second kappa shape index (κ2) is 12.7. The molecule has 0 spiro atoms. The van der Waals surface area contributed by atoms with Gasteiger partial charge in [0.05, 0.1) is 48.1 Å². The normalized spacial score (nSPS) is 10.9. The van der Waals surface area contributed by atoms with Crippen LogP contribution in [0.1, 0.15) is 23.6 Å². The molecule has 3 aromatic rings. The third-order valence-corrected chi connectivity index (χ3v) is 6.06. The molecule has 0 heterocycles. The van der Waals surface area contributed by atoms with Crippen LogP contribution in [0.2, 0.25) is 10.0 Å². The summed E-state index contributed by atoms with van der Waals surface area (Å²) in [7, 11) is 3.22. The van der Waals surface area contributed by atoms with E-state index in [9.17, 15) is 0 Å². The van der Waals surface area contributed by atoms with Gasteiger partial charge in [0.15, 0.2) is 23.0 Å². The number of hydrazone groups is 1. The van der Waals surface area contributed by atoms with Crippen LogP contribution in [0.3, 0.4) is 0 Å². The zero-order valence-electron chi connectivity index (χ0n) is 19.0. The summed E-state index contributed by atoms with van der Waals surface area (Å²) in [5, 5.41) is 5.32. The summed E-state index contributed by atoms with van der Waals surface area (Å²) in [5.41, 5.74) is 5.80. The zero-order valence-corrected chi connectivity index (χ0v) is 22.1. The number of ether oxygens (including phenoxy) is 4. The molecule has 0 unspecified atom stereocenters. The molecule has 0 saturated carbocycles. The van der Waals surface area contributed by atoms with Gasteiger partial charge in [-0.2, -0.15) is 5.10 Å². The number of methoxy groups -OCH3 is 2. The van der Waals surface area contributed by atoms with E-state index in [-0.39, 0.29) is 0 Å². The van der Waals surface area contributed by atoms with E-state index in [0.29, 0.717) is 52.8 Å². The summed E-state index contributed by atoms with van der Waals surface area (Å²) < 4.78 is 23.2. The molecular weight excluding hydrogens is 543 g/mol. The Hall–Kier alpha value is -2.61. The molecule has 0 radical (unpaired) electrons. The lowest BCUT2D eigenvalue weighted by Crippen LogP contribution is -2.06. The Bertz CT molecular complexity index is 1160. The molecule has 1 N–H and O–H groups in total. The average Bonchev–Trinajstić information content (AvgIpc) is 2.83. The van der Waals surface area contributed by atoms with Gasteiger partial charge >= 0.3 is 0 Å². The quantitative estimate of drug-likeness (QED) is 0.202. The maximum atomic E-state index is 6.10. The second-order valence-corrected chi connectivity index (χ2v) is 8.75. The van der Waals surface area contributed by atoms with E-state index in [2.05, 4.69) is 26.5 Å². The van der Waals surface area contributed by atoms with Crippen LogP contribution in [0.25, 0.3) is 0 Å². The summed E-state index contributed by atoms with van der Waals surface area (Å²) in [6.45, 7) is 3.26. The summed E-state index contributed by atoms with van der Waals surface area (Å²) in [4.78, 5) is 0. The Morgan fingerprint density at radius 2 is 1.65 bits per heavy atom. The van der Waals surface area contributed by atoms with E-state index >= 15 is 0 Å². The molecular formula is C25H25BrCl2N2O4. The van der Waals surface area contributed by atoms with E-state index < -0.39 is 0 Å². The van der Waals surface area contributed by atoms with Crippen LogP contribution >= 0.6 is 39.1 Å². The van der Waals surface area contributed by atoms with Crippen molar-refractivity contribution in [2.24, 2.45) is 5.10 Å². The summed E-state index contributed by atoms with van der Waals surface area (Å²) in [5.74, 6) is 2.57. The summed E-state index contributed by atoms with van der Waals surface area (Å²) >= 11 is 15.7. The Balaban J connectivity index is 1.68. The van der Waals surface area contributed by atoms with E-state index in [1.54, 1.807) is 32.6 Å². The van der Waals surface area contributed by atoms with Crippen LogP contribution in [0, 0.1) is 0 Å². The van der Waals surface area contributed by atoms with Gasteiger partial charge in [-0.25, -0.2) is 0 Å². The third-order valence-electron chi connectivity index (χ3n) is 4.73. The van der Waals surface area contributed by atoms with Crippen LogP contribution in [-0.4, -0.2) is 27.0 Å². The number of benzene rings is 3. The standard InChI is InChI=1S/C25H25BrCl2N2O4/c1-4-33-24-12-18(14-30-29-13-16-6-8-22(31-2)23(11-16)32-3)9-19(26)25(24)34-15-17-5-7-20(27)21(28)10-17/h5-12,14,29H,4,13,15H2,1-3H3/b30-14+. The molecule has 0 atom stereocenters. The fourth-order valence-corrected chi connectivity index (χ4v) is 3.99. The molecule has 3 rings (SSSR count). The predicted octanol–water partition coefficient (Wildman–Crippen LogP) is 6.87. The molecule has 180 valence electrons. The van der Waals surface area contributed by atoms with Gasteiger partial charge in [-0.1, -0.05) is 35.3 Å². The Kier molecular flexibility index (Phi) is 9.74. The zero-order chi connectivity index (χ0) is 24.5. The van der Waals surface area contributed by atoms with E-state index in [4.69, 9.17) is 42.1 Å². The molecule has 0 saturated heterocycles. The minimum Gasteiger partial charge on any atom is -0.493 e. The van der Waals surface area contributed by atoms with Gasteiger partial charge in [0.2, 0.25) is 0 Å². The van der Waals surface area contributed by atoms with Crippen molar-refractivity contribution >= 4 is 45.3 Å². The largest absolute Gasteiger partial charge is 0.493 e. The van der Waals surface area contributed by atoms with Crippen molar-refractivity contribution < 1.29 is 18.9 Å². The molecule has 0 aromatic heterocycles. The lowest BCUT2D eigenvalue weighted by molar-refractivity contribution is 0.267. The van der Waals surface area contributed by atoms with Gasteiger partial charge < -0.3 is 24.4 Å². The van der Waals surface area contributed by atoms with Crippen molar-refractivity contribution in [3.05, 3.63) is 79.7 Å². The highest BCUT2D eigenvalue weighted by Gasteiger charge is 2.13. The van der Waals surface area contributed by atoms with Gasteiger partial charge in [0.25, 0.3) is 0 Å². The van der Waals surface area contributed by atoms with Gasteiger partial charge in [-0.05, 0) is 75.9 Å². The molecule has 0 aliphatic carbocycles. The molecule has 34 heavy (non-hydrogen) atoms. The highest BCUT2D eigenvalue weighted by Crippen LogP contribution is 2.37. The molecule has 6 nitrogen and oxygen atoms in total. The van der Waals surface area contributed by atoms with Crippen LogP contribution < -0.4 is 24.4 Å². The average molecular weight is 568 g/mol. The molecule has 0 amide bonds. The Labute approximate surface area is 217 Å². The number of rotatable bonds is 11. The van der Waals surface area contributed by atoms with Crippen molar-refractivity contribution in [1.82, 2.24) is 5.43 Å². The van der Waals surface area contributed by atoms with Crippen molar-refractivity contribution in [2.75, 3.05) is 20.8 Å². The molecule has 0 aliphatic heterocycles. The minimum absolute atomic E-state index is 0.315. The van der Waals surface area contributed by atoms with Crippen LogP contribution in [0.15, 0.2) is 58.1 Å². The van der Waals surface area contributed by atoms with E-state index in [0.717, 1.165) is 21.2 Å². The maximum Gasteiger partial charge on any atom is 0.175 e. The lowest BCUT2D eigenvalue weighted by Gasteiger charge is -2.15. The Morgan fingerprint density at radius 1 is 0.882 bits per heavy atom. The van der Waals surface area contributed by atoms with Gasteiger partial charge in [-0.15, -0.1) is 0 Å². The van der Waals surface area contributed by atoms with Crippen molar-refractivity contribution in [3.63, 3.8) is 0 Å². The first kappa shape index (κ1) is 26.0. The SMILES string of the molecule is CCOc1cc(/C=N/NCc2ccc(OC)c(OC)c2)cc(Br)c1OCc1ccc(Cl)c(Cl)c1. The van der Waals surface area contributed by atoms with Gasteiger partial charge in [0, 0.05) is 0 Å². The first-order valence-electron chi connectivity index (χ1n) is 10.4. The first-order valence-corrected chi connectivity index (χ1v) is 12.0. The summed E-state index contributed by atoms with van der Waals surface area (Å²) in [6, 6.07) is 14.9. The number of hydrogen-bond donors (Lipinski definition) is 1. The highest BCUT2D eigenvalue weighted by atomic mass is 79.9. The number of nitrogens with one attached hydrogen (secondary N) is 1. The topological polar surface area (TPSA) is 61.3 Å². The number of nitrogens with zero attached hydrogens (tertiary/aromatic N) is 1. The molecule has 0 bridgehead atoms. The van der Waals surface area contributed by atoms with E-state index in [1.807, 2.05) is 43.3 Å². The van der Waals surface area contributed by atoms with Crippen LogP contribution in [-0.2, 0) is 13.2 Å². The van der Waals surface area contributed by atoms with Crippen LogP contribution in [0.4, 0.5) is 0 Å². The number of hydrogen-bond acceptors (Lipinski definition) is 6. The highest BCUT2D eigenvalue weighted by molar-refractivity contribution is 9.10. The van der Waals surface area contributed by atoms with Gasteiger partial charge in [-0.3, -0.25) is 0 Å². The summed E-state index contributed by atoms with van der Waals surface area (Å²) in [6.07, 6.45) is 1.72. The van der Waals surface area contributed by atoms with Crippen molar-refractivity contribution in [1.29, 1.82) is 0 Å². The smallest absolute Gasteiger partial charge is 0.175 e. The lowest BCUT2D eigenvalue weighted by atomic mass is 10.2. The third kappa shape index (κ3) is 6.95.